The Balaban J connectivity index is 2.66. The van der Waals surface area contributed by atoms with Crippen LogP contribution in [-0.2, 0) is 4.74 Å². The van der Waals surface area contributed by atoms with Crippen molar-refractivity contribution in [1.29, 1.82) is 0 Å². The standard InChI is InChI=1S/C11H18O/c1-4-9(2)10(3)11-6-5-7-12-8-11/h2,4-8H2,1,3H3/b11-10+. The van der Waals surface area contributed by atoms with Gasteiger partial charge in [0.1, 0.15) is 0 Å². The SMILES string of the molecule is C=C(CC)/C(C)=C1\CCCOC1. The van der Waals surface area contributed by atoms with Crippen molar-refractivity contribution in [1.82, 2.24) is 0 Å². The first-order valence-corrected chi connectivity index (χ1v) is 4.70. The van der Waals surface area contributed by atoms with Gasteiger partial charge in [0.2, 0.25) is 0 Å². The molecule has 12 heavy (non-hydrogen) atoms. The third-order valence-corrected chi connectivity index (χ3v) is 2.53. The Bertz CT molecular complexity index is 193. The van der Waals surface area contributed by atoms with Crippen molar-refractivity contribution < 1.29 is 4.74 Å². The molecule has 0 aromatic heterocycles. The van der Waals surface area contributed by atoms with E-state index in [4.69, 9.17) is 4.74 Å². The zero-order chi connectivity index (χ0) is 8.97. The molecular weight excluding hydrogens is 148 g/mol. The van der Waals surface area contributed by atoms with Gasteiger partial charge < -0.3 is 4.74 Å². The molecule has 0 saturated carbocycles. The highest BCUT2D eigenvalue weighted by Crippen LogP contribution is 2.22. The van der Waals surface area contributed by atoms with Gasteiger partial charge in [-0.1, -0.05) is 19.1 Å². The zero-order valence-electron chi connectivity index (χ0n) is 8.15. The van der Waals surface area contributed by atoms with E-state index in [9.17, 15) is 0 Å². The molecule has 0 aliphatic carbocycles. The van der Waals surface area contributed by atoms with E-state index in [1.54, 1.807) is 0 Å². The Labute approximate surface area is 75.1 Å². The third kappa shape index (κ3) is 2.21. The van der Waals surface area contributed by atoms with Gasteiger partial charge in [0.15, 0.2) is 0 Å². The van der Waals surface area contributed by atoms with E-state index < -0.39 is 0 Å². The van der Waals surface area contributed by atoms with Gasteiger partial charge in [-0.05, 0) is 37.3 Å². The molecule has 0 N–H and O–H groups in total. The molecule has 1 nitrogen and oxygen atoms in total. The monoisotopic (exact) mass is 166 g/mol. The van der Waals surface area contributed by atoms with Crippen LogP contribution in [0.3, 0.4) is 0 Å². The van der Waals surface area contributed by atoms with E-state index in [0.29, 0.717) is 0 Å². The molecule has 1 fully saturated rings. The minimum Gasteiger partial charge on any atom is -0.377 e. The Hall–Kier alpha value is -0.560. The van der Waals surface area contributed by atoms with Crippen LogP contribution in [0.1, 0.15) is 33.1 Å². The smallest absolute Gasteiger partial charge is 0.0682 e. The number of hydrogen-bond acceptors (Lipinski definition) is 1. The molecule has 1 aliphatic rings. The quantitative estimate of drug-likeness (QED) is 0.612. The van der Waals surface area contributed by atoms with E-state index >= 15 is 0 Å². The summed E-state index contributed by atoms with van der Waals surface area (Å²) in [4.78, 5) is 0. The first kappa shape index (κ1) is 9.53. The Morgan fingerprint density at radius 2 is 2.33 bits per heavy atom. The Morgan fingerprint density at radius 1 is 1.58 bits per heavy atom. The summed E-state index contributed by atoms with van der Waals surface area (Å²) in [5.74, 6) is 0. The number of ether oxygens (including phenoxy) is 1. The highest BCUT2D eigenvalue weighted by atomic mass is 16.5. The van der Waals surface area contributed by atoms with Crippen LogP contribution in [0.5, 0.6) is 0 Å². The maximum atomic E-state index is 5.40. The summed E-state index contributed by atoms with van der Waals surface area (Å²) < 4.78 is 5.40. The second-order valence-electron chi connectivity index (χ2n) is 3.34. The zero-order valence-corrected chi connectivity index (χ0v) is 8.15. The van der Waals surface area contributed by atoms with Crippen LogP contribution in [0, 0.1) is 0 Å². The van der Waals surface area contributed by atoms with Gasteiger partial charge in [0.05, 0.1) is 6.61 Å². The van der Waals surface area contributed by atoms with Crippen LogP contribution in [0.2, 0.25) is 0 Å². The van der Waals surface area contributed by atoms with Gasteiger partial charge >= 0.3 is 0 Å². The van der Waals surface area contributed by atoms with E-state index in [1.165, 1.54) is 29.6 Å². The molecule has 1 heteroatoms. The molecule has 0 amide bonds. The van der Waals surface area contributed by atoms with E-state index in [1.807, 2.05) is 0 Å². The number of hydrogen-bond donors (Lipinski definition) is 0. The predicted molar refractivity (Wildman–Crippen MR) is 52.2 cm³/mol. The summed E-state index contributed by atoms with van der Waals surface area (Å²) in [6, 6.07) is 0. The fourth-order valence-corrected chi connectivity index (χ4v) is 1.47. The Morgan fingerprint density at radius 3 is 2.83 bits per heavy atom. The van der Waals surface area contributed by atoms with Crippen LogP contribution in [0.15, 0.2) is 23.3 Å². The largest absolute Gasteiger partial charge is 0.377 e. The highest BCUT2D eigenvalue weighted by Gasteiger charge is 2.09. The average molecular weight is 166 g/mol. The summed E-state index contributed by atoms with van der Waals surface area (Å²) >= 11 is 0. The van der Waals surface area contributed by atoms with Crippen LogP contribution in [0.25, 0.3) is 0 Å². The second kappa shape index (κ2) is 4.46. The lowest BCUT2D eigenvalue weighted by Crippen LogP contribution is -2.10. The maximum Gasteiger partial charge on any atom is 0.0682 e. The maximum absolute atomic E-state index is 5.40. The van der Waals surface area contributed by atoms with Crippen molar-refractivity contribution >= 4 is 0 Å². The molecule has 1 rings (SSSR count). The summed E-state index contributed by atoms with van der Waals surface area (Å²) in [6.07, 6.45) is 3.42. The third-order valence-electron chi connectivity index (χ3n) is 2.53. The molecule has 0 bridgehead atoms. The summed E-state index contributed by atoms with van der Waals surface area (Å²) in [7, 11) is 0. The van der Waals surface area contributed by atoms with Crippen LogP contribution >= 0.6 is 0 Å². The normalized spacial score (nSPS) is 22.2. The molecule has 0 unspecified atom stereocenters. The first-order chi connectivity index (χ1) is 5.75. The lowest BCUT2D eigenvalue weighted by molar-refractivity contribution is 0.129. The molecule has 0 aromatic carbocycles. The molecule has 68 valence electrons. The second-order valence-corrected chi connectivity index (χ2v) is 3.34. The fourth-order valence-electron chi connectivity index (χ4n) is 1.47. The molecule has 0 aromatic rings. The van der Waals surface area contributed by atoms with E-state index in [0.717, 1.165) is 19.6 Å². The van der Waals surface area contributed by atoms with E-state index in [2.05, 4.69) is 20.4 Å². The molecule has 0 atom stereocenters. The summed E-state index contributed by atoms with van der Waals surface area (Å²) in [6.45, 7) is 10.1. The number of allylic oxidation sites excluding steroid dienone is 2. The topological polar surface area (TPSA) is 9.23 Å². The predicted octanol–water partition coefficient (Wildman–Crippen LogP) is 3.08. The van der Waals surface area contributed by atoms with Gasteiger partial charge in [-0.15, -0.1) is 0 Å². The van der Waals surface area contributed by atoms with Gasteiger partial charge in [-0.2, -0.15) is 0 Å². The minimum absolute atomic E-state index is 0.824. The van der Waals surface area contributed by atoms with Crippen LogP contribution < -0.4 is 0 Å². The van der Waals surface area contributed by atoms with Crippen molar-refractivity contribution in [3.8, 4) is 0 Å². The minimum atomic E-state index is 0.824. The van der Waals surface area contributed by atoms with Crippen molar-refractivity contribution in [2.45, 2.75) is 33.1 Å². The van der Waals surface area contributed by atoms with Crippen LogP contribution in [-0.4, -0.2) is 13.2 Å². The molecular formula is C11H18O. The van der Waals surface area contributed by atoms with E-state index in [-0.39, 0.29) is 0 Å². The van der Waals surface area contributed by atoms with Gasteiger partial charge in [-0.3, -0.25) is 0 Å². The molecule has 1 saturated heterocycles. The summed E-state index contributed by atoms with van der Waals surface area (Å²) in [5.41, 5.74) is 4.08. The molecule has 0 spiro atoms. The van der Waals surface area contributed by atoms with Crippen molar-refractivity contribution in [2.75, 3.05) is 13.2 Å². The highest BCUT2D eigenvalue weighted by molar-refractivity contribution is 5.31. The number of rotatable bonds is 2. The molecule has 1 heterocycles. The van der Waals surface area contributed by atoms with Crippen LogP contribution in [0.4, 0.5) is 0 Å². The average Bonchev–Trinajstić information content (AvgIpc) is 2.17. The first-order valence-electron chi connectivity index (χ1n) is 4.70. The molecule has 1 aliphatic heterocycles. The lowest BCUT2D eigenvalue weighted by Gasteiger charge is -2.18. The summed E-state index contributed by atoms with van der Waals surface area (Å²) in [5, 5.41) is 0. The van der Waals surface area contributed by atoms with Gasteiger partial charge in [0.25, 0.3) is 0 Å². The fraction of sp³-hybridized carbons (Fsp3) is 0.636. The van der Waals surface area contributed by atoms with Crippen molar-refractivity contribution in [2.24, 2.45) is 0 Å². The lowest BCUT2D eigenvalue weighted by atomic mass is 9.97. The van der Waals surface area contributed by atoms with Crippen molar-refractivity contribution in [3.63, 3.8) is 0 Å². The van der Waals surface area contributed by atoms with Crippen molar-refractivity contribution in [3.05, 3.63) is 23.3 Å². The molecule has 0 radical (unpaired) electrons. The Kier molecular flexibility index (Phi) is 3.54. The van der Waals surface area contributed by atoms with Gasteiger partial charge in [-0.25, -0.2) is 0 Å². The van der Waals surface area contributed by atoms with Gasteiger partial charge in [0, 0.05) is 6.61 Å².